The second kappa shape index (κ2) is 9.64. The average molecular weight is 425 g/mol. The quantitative estimate of drug-likeness (QED) is 0.423. The molecule has 2 aromatic carbocycles. The van der Waals surface area contributed by atoms with E-state index >= 15 is 0 Å². The number of aryl methyl sites for hydroxylation is 1. The Balaban J connectivity index is 1.88. The van der Waals surface area contributed by atoms with E-state index in [2.05, 4.69) is 16.7 Å². The molecule has 1 heterocycles. The fourth-order valence-corrected chi connectivity index (χ4v) is 3.38. The van der Waals surface area contributed by atoms with E-state index in [0.717, 1.165) is 11.1 Å². The van der Waals surface area contributed by atoms with E-state index in [-0.39, 0.29) is 12.0 Å². The summed E-state index contributed by atoms with van der Waals surface area (Å²) in [5, 5.41) is 13.5. The van der Waals surface area contributed by atoms with Crippen LogP contribution in [0.15, 0.2) is 61.2 Å². The van der Waals surface area contributed by atoms with Crippen LogP contribution in [0.3, 0.4) is 0 Å². The highest BCUT2D eigenvalue weighted by Crippen LogP contribution is 2.31. The first kappa shape index (κ1) is 22.3. The third kappa shape index (κ3) is 5.23. The van der Waals surface area contributed by atoms with Crippen molar-refractivity contribution in [2.45, 2.75) is 45.1 Å². The van der Waals surface area contributed by atoms with Gasteiger partial charge in [0, 0.05) is 12.8 Å². The lowest BCUT2D eigenvalue weighted by Crippen LogP contribution is -2.15. The monoisotopic (exact) mass is 425 g/mol. The van der Waals surface area contributed by atoms with Crippen LogP contribution in [0, 0.1) is 0 Å². The lowest BCUT2D eigenvalue weighted by Gasteiger charge is -2.10. The number of nitrogens with zero attached hydrogens (tertiary/aromatic N) is 3. The molecule has 1 N–H and O–H groups in total. The zero-order chi connectivity index (χ0) is 22.4. The Morgan fingerprint density at radius 2 is 1.90 bits per heavy atom. The molecule has 5 nitrogen and oxygen atoms in total. The molecule has 0 atom stereocenters. The smallest absolute Gasteiger partial charge is 0.336 e. The Hall–Kier alpha value is -3.35. The zero-order valence-electron chi connectivity index (χ0n) is 17.4. The topological polar surface area (TPSA) is 68.0 Å². The SMILES string of the molecule is C=CCCc1nc(C(F)(F)CCC)nn1Cc1ccc(-c2ccccc2C(=O)O)cc1. The van der Waals surface area contributed by atoms with E-state index in [1.807, 2.05) is 24.3 Å². The summed E-state index contributed by atoms with van der Waals surface area (Å²) in [6, 6.07) is 14.1. The summed E-state index contributed by atoms with van der Waals surface area (Å²) in [6.45, 7) is 5.68. The molecule has 0 unspecified atom stereocenters. The second-order valence-corrected chi connectivity index (χ2v) is 7.34. The van der Waals surface area contributed by atoms with Crippen LogP contribution in [0.1, 0.15) is 53.8 Å². The Bertz CT molecular complexity index is 1060. The zero-order valence-corrected chi connectivity index (χ0v) is 17.4. The first-order valence-electron chi connectivity index (χ1n) is 10.2. The Kier molecular flexibility index (Phi) is 6.95. The number of halogens is 2. The highest BCUT2D eigenvalue weighted by atomic mass is 19.3. The number of rotatable bonds is 10. The molecule has 0 aliphatic carbocycles. The van der Waals surface area contributed by atoms with Crippen molar-refractivity contribution in [3.63, 3.8) is 0 Å². The van der Waals surface area contributed by atoms with Crippen molar-refractivity contribution in [2.24, 2.45) is 0 Å². The van der Waals surface area contributed by atoms with Gasteiger partial charge in [0.25, 0.3) is 0 Å². The highest BCUT2D eigenvalue weighted by Gasteiger charge is 2.36. The van der Waals surface area contributed by atoms with Crippen LogP contribution >= 0.6 is 0 Å². The van der Waals surface area contributed by atoms with Gasteiger partial charge in [0.2, 0.25) is 5.82 Å². The maximum atomic E-state index is 14.3. The normalized spacial score (nSPS) is 11.5. The van der Waals surface area contributed by atoms with Crippen LogP contribution in [0.5, 0.6) is 0 Å². The van der Waals surface area contributed by atoms with Gasteiger partial charge in [-0.3, -0.25) is 0 Å². The molecule has 3 aromatic rings. The molecule has 7 heteroatoms. The number of alkyl halides is 2. The Morgan fingerprint density at radius 1 is 1.19 bits per heavy atom. The van der Waals surface area contributed by atoms with E-state index in [4.69, 9.17) is 0 Å². The summed E-state index contributed by atoms with van der Waals surface area (Å²) >= 11 is 0. The van der Waals surface area contributed by atoms with Gasteiger partial charge in [0.05, 0.1) is 12.1 Å². The first-order valence-corrected chi connectivity index (χ1v) is 10.2. The van der Waals surface area contributed by atoms with Gasteiger partial charge in [0.15, 0.2) is 0 Å². The van der Waals surface area contributed by atoms with Crippen molar-refractivity contribution in [3.05, 3.63) is 84.0 Å². The van der Waals surface area contributed by atoms with E-state index in [0.29, 0.717) is 37.2 Å². The minimum Gasteiger partial charge on any atom is -0.478 e. The molecule has 0 spiro atoms. The van der Waals surface area contributed by atoms with Crippen LogP contribution < -0.4 is 0 Å². The van der Waals surface area contributed by atoms with Crippen LogP contribution in [0.25, 0.3) is 11.1 Å². The molecule has 0 saturated heterocycles. The summed E-state index contributed by atoms with van der Waals surface area (Å²) in [5.74, 6) is -4.01. The van der Waals surface area contributed by atoms with Gasteiger partial charge in [-0.15, -0.1) is 11.7 Å². The minimum atomic E-state index is -3.06. The predicted octanol–water partition coefficient (Wildman–Crippen LogP) is 5.70. The third-order valence-corrected chi connectivity index (χ3v) is 4.97. The number of carbonyl (C=O) groups is 1. The largest absolute Gasteiger partial charge is 0.478 e. The number of benzene rings is 2. The number of carboxylic acids is 1. The summed E-state index contributed by atoms with van der Waals surface area (Å²) in [6.07, 6.45) is 2.85. The number of hydrogen-bond donors (Lipinski definition) is 1. The van der Waals surface area contributed by atoms with Crippen molar-refractivity contribution in [1.29, 1.82) is 0 Å². The van der Waals surface area contributed by atoms with E-state index in [1.54, 1.807) is 37.3 Å². The molecule has 3 rings (SSSR count). The summed E-state index contributed by atoms with van der Waals surface area (Å²) in [4.78, 5) is 15.6. The van der Waals surface area contributed by atoms with E-state index in [1.165, 1.54) is 4.68 Å². The van der Waals surface area contributed by atoms with Gasteiger partial charge in [-0.25, -0.2) is 14.5 Å². The number of hydrogen-bond acceptors (Lipinski definition) is 3. The number of carboxylic acid groups (broad SMARTS) is 1. The van der Waals surface area contributed by atoms with Crippen LogP contribution in [-0.2, 0) is 18.9 Å². The Morgan fingerprint density at radius 3 is 2.55 bits per heavy atom. The molecule has 0 radical (unpaired) electrons. The van der Waals surface area contributed by atoms with Gasteiger partial charge >= 0.3 is 11.9 Å². The van der Waals surface area contributed by atoms with Crippen molar-refractivity contribution in [2.75, 3.05) is 0 Å². The standard InChI is InChI=1S/C24H25F2N3O2/c1-3-5-10-21-27-23(24(25,26)15-4-2)28-29(21)16-17-11-13-18(14-12-17)19-8-6-7-9-20(19)22(30)31/h3,6-9,11-14H,1,4-5,10,15-16H2,2H3,(H,30,31). The third-order valence-electron chi connectivity index (χ3n) is 4.97. The van der Waals surface area contributed by atoms with Gasteiger partial charge in [-0.2, -0.15) is 8.78 Å². The molecule has 0 amide bonds. The van der Waals surface area contributed by atoms with Gasteiger partial charge in [-0.05, 0) is 35.6 Å². The number of aromatic nitrogens is 3. The molecule has 0 fully saturated rings. The summed E-state index contributed by atoms with van der Waals surface area (Å²) in [5.41, 5.74) is 2.46. The van der Waals surface area contributed by atoms with Crippen molar-refractivity contribution >= 4 is 5.97 Å². The average Bonchev–Trinajstić information content (AvgIpc) is 3.16. The molecular formula is C24H25F2N3O2. The van der Waals surface area contributed by atoms with E-state index < -0.39 is 17.7 Å². The maximum Gasteiger partial charge on any atom is 0.336 e. The molecule has 162 valence electrons. The molecule has 31 heavy (non-hydrogen) atoms. The van der Waals surface area contributed by atoms with Crippen LogP contribution in [-0.4, -0.2) is 25.8 Å². The van der Waals surface area contributed by atoms with Crippen LogP contribution in [0.2, 0.25) is 0 Å². The van der Waals surface area contributed by atoms with Crippen molar-refractivity contribution < 1.29 is 18.7 Å². The lowest BCUT2D eigenvalue weighted by molar-refractivity contribution is -0.0232. The summed E-state index contributed by atoms with van der Waals surface area (Å²) < 4.78 is 30.2. The van der Waals surface area contributed by atoms with Crippen molar-refractivity contribution in [3.8, 4) is 11.1 Å². The predicted molar refractivity (Wildman–Crippen MR) is 115 cm³/mol. The Labute approximate surface area is 180 Å². The van der Waals surface area contributed by atoms with Gasteiger partial charge in [0.1, 0.15) is 5.82 Å². The number of aromatic carboxylic acids is 1. The van der Waals surface area contributed by atoms with E-state index in [9.17, 15) is 18.7 Å². The molecular weight excluding hydrogens is 400 g/mol. The molecule has 0 aliphatic rings. The van der Waals surface area contributed by atoms with Gasteiger partial charge < -0.3 is 5.11 Å². The molecule has 0 saturated carbocycles. The maximum absolute atomic E-state index is 14.3. The van der Waals surface area contributed by atoms with Crippen molar-refractivity contribution in [1.82, 2.24) is 14.8 Å². The fourth-order valence-electron chi connectivity index (χ4n) is 3.38. The molecule has 0 bridgehead atoms. The molecule has 1 aromatic heterocycles. The number of allylic oxidation sites excluding steroid dienone is 1. The molecule has 0 aliphatic heterocycles. The highest BCUT2D eigenvalue weighted by molar-refractivity contribution is 5.95. The fraction of sp³-hybridized carbons (Fsp3) is 0.292. The summed E-state index contributed by atoms with van der Waals surface area (Å²) in [7, 11) is 0. The minimum absolute atomic E-state index is 0.223. The van der Waals surface area contributed by atoms with Crippen LogP contribution in [0.4, 0.5) is 8.78 Å². The van der Waals surface area contributed by atoms with Gasteiger partial charge in [-0.1, -0.05) is 55.5 Å². The first-order chi connectivity index (χ1) is 14.9. The lowest BCUT2D eigenvalue weighted by atomic mass is 9.99. The second-order valence-electron chi connectivity index (χ2n) is 7.34.